The summed E-state index contributed by atoms with van der Waals surface area (Å²) in [4.78, 5) is 0.0261. The molecule has 1 unspecified atom stereocenters. The average Bonchev–Trinajstić information content (AvgIpc) is 2.28. The predicted molar refractivity (Wildman–Crippen MR) is 66.7 cm³/mol. The number of hydrogen-bond donors (Lipinski definition) is 1. The number of rotatable bonds is 4. The molecule has 0 aliphatic carbocycles. The van der Waals surface area contributed by atoms with Gasteiger partial charge in [0.15, 0.2) is 9.84 Å². The van der Waals surface area contributed by atoms with Crippen LogP contribution in [-0.2, 0) is 15.5 Å². The molecule has 0 saturated heterocycles. The average molecular weight is 280 g/mol. The molecule has 0 saturated carbocycles. The maximum absolute atomic E-state index is 13.9. The van der Waals surface area contributed by atoms with Crippen LogP contribution in [0.1, 0.15) is 19.4 Å². The predicted octanol–water partition coefficient (Wildman–Crippen LogP) is 2.28. The molecule has 17 heavy (non-hydrogen) atoms. The molecule has 1 aromatic rings. The van der Waals surface area contributed by atoms with E-state index in [9.17, 15) is 12.8 Å². The van der Waals surface area contributed by atoms with E-state index in [4.69, 9.17) is 17.3 Å². The molecule has 1 aromatic carbocycles. The van der Waals surface area contributed by atoms with Crippen LogP contribution in [0, 0.1) is 0 Å². The second-order valence-electron chi connectivity index (χ2n) is 3.95. The van der Waals surface area contributed by atoms with Crippen LogP contribution in [0.25, 0.3) is 0 Å². The molecule has 0 amide bonds. The Morgan fingerprint density at radius 1 is 1.47 bits per heavy atom. The zero-order valence-electron chi connectivity index (χ0n) is 9.70. The van der Waals surface area contributed by atoms with Crippen molar-refractivity contribution in [2.45, 2.75) is 24.4 Å². The molecule has 0 spiro atoms. The van der Waals surface area contributed by atoms with Gasteiger partial charge in [-0.1, -0.05) is 24.6 Å². The van der Waals surface area contributed by atoms with E-state index in [0.717, 1.165) is 0 Å². The second kappa shape index (κ2) is 4.92. The highest BCUT2D eigenvalue weighted by Gasteiger charge is 2.26. The first-order valence-electron chi connectivity index (χ1n) is 5.16. The molecular weight excluding hydrogens is 265 g/mol. The van der Waals surface area contributed by atoms with Gasteiger partial charge in [-0.3, -0.25) is 0 Å². The Labute approximate surface area is 106 Å². The van der Waals surface area contributed by atoms with Crippen LogP contribution in [0.4, 0.5) is 4.39 Å². The van der Waals surface area contributed by atoms with Crippen LogP contribution < -0.4 is 5.73 Å². The Hall–Kier alpha value is -0.650. The fraction of sp³-hybridized carbons (Fsp3) is 0.455. The molecule has 0 aliphatic rings. The number of alkyl halides is 1. The molecule has 3 nitrogen and oxygen atoms in total. The molecule has 0 aromatic heterocycles. The van der Waals surface area contributed by atoms with Gasteiger partial charge in [-0.2, -0.15) is 0 Å². The number of benzene rings is 1. The van der Waals surface area contributed by atoms with Crippen molar-refractivity contribution >= 4 is 21.4 Å². The van der Waals surface area contributed by atoms with Crippen LogP contribution in [0.15, 0.2) is 23.1 Å². The topological polar surface area (TPSA) is 60.2 Å². The lowest BCUT2D eigenvalue weighted by Gasteiger charge is -2.19. The Morgan fingerprint density at radius 3 is 2.47 bits per heavy atom. The summed E-state index contributed by atoms with van der Waals surface area (Å²) < 4.78 is 37.2. The Kier molecular flexibility index (Phi) is 4.17. The van der Waals surface area contributed by atoms with Gasteiger partial charge in [0.1, 0.15) is 5.67 Å². The fourth-order valence-electron chi connectivity index (χ4n) is 1.35. The lowest BCUT2D eigenvalue weighted by molar-refractivity contribution is 0.203. The molecule has 1 rings (SSSR count). The van der Waals surface area contributed by atoms with Crippen LogP contribution in [-0.4, -0.2) is 20.7 Å². The van der Waals surface area contributed by atoms with E-state index in [0.29, 0.717) is 0 Å². The summed E-state index contributed by atoms with van der Waals surface area (Å²) in [5, 5.41) is 0.0293. The van der Waals surface area contributed by atoms with Crippen molar-refractivity contribution in [2.75, 3.05) is 12.3 Å². The summed E-state index contributed by atoms with van der Waals surface area (Å²) in [6.45, 7) is 2.66. The minimum atomic E-state index is -3.38. The molecule has 0 bridgehead atoms. The van der Waals surface area contributed by atoms with Gasteiger partial charge in [-0.05, 0) is 24.6 Å². The van der Waals surface area contributed by atoms with Crippen molar-refractivity contribution in [3.8, 4) is 0 Å². The van der Waals surface area contributed by atoms with Gasteiger partial charge in [0, 0.05) is 6.54 Å². The molecule has 0 aliphatic heterocycles. The normalized spacial score (nSPS) is 15.6. The van der Waals surface area contributed by atoms with Crippen molar-refractivity contribution in [3.05, 3.63) is 28.8 Å². The molecule has 6 heteroatoms. The van der Waals surface area contributed by atoms with E-state index < -0.39 is 15.5 Å². The lowest BCUT2D eigenvalue weighted by atomic mass is 9.98. The zero-order valence-corrected chi connectivity index (χ0v) is 11.3. The number of sulfone groups is 1. The van der Waals surface area contributed by atoms with Gasteiger partial charge in [0.2, 0.25) is 0 Å². The first kappa shape index (κ1) is 14.4. The first-order valence-corrected chi connectivity index (χ1v) is 7.19. The highest BCUT2D eigenvalue weighted by molar-refractivity contribution is 7.91. The second-order valence-corrected chi connectivity index (χ2v) is 6.60. The first-order chi connectivity index (χ1) is 7.74. The molecular formula is C11H15ClFNO2S. The van der Waals surface area contributed by atoms with Crippen LogP contribution in [0.2, 0.25) is 5.02 Å². The van der Waals surface area contributed by atoms with E-state index in [1.807, 2.05) is 0 Å². The molecule has 0 fully saturated rings. The van der Waals surface area contributed by atoms with Crippen molar-refractivity contribution < 1.29 is 12.8 Å². The number of halogens is 2. The van der Waals surface area contributed by atoms with Crippen molar-refractivity contribution in [1.29, 1.82) is 0 Å². The van der Waals surface area contributed by atoms with Crippen molar-refractivity contribution in [1.82, 2.24) is 0 Å². The van der Waals surface area contributed by atoms with Gasteiger partial charge >= 0.3 is 0 Å². The minimum absolute atomic E-state index is 0.0261. The van der Waals surface area contributed by atoms with Crippen molar-refractivity contribution in [2.24, 2.45) is 5.73 Å². The fourth-order valence-corrected chi connectivity index (χ4v) is 2.83. The highest BCUT2D eigenvalue weighted by Crippen LogP contribution is 2.30. The quantitative estimate of drug-likeness (QED) is 0.920. The Bertz CT molecular complexity index is 514. The van der Waals surface area contributed by atoms with E-state index in [2.05, 4.69) is 0 Å². The highest BCUT2D eigenvalue weighted by atomic mass is 35.5. The lowest BCUT2D eigenvalue weighted by Crippen LogP contribution is -2.26. The molecule has 0 radical (unpaired) electrons. The standard InChI is InChI=1S/C11H15ClFNO2S/c1-3-17(15,16)10-5-4-8(6-9(10)12)11(2,13)7-14/h4-6H,3,7,14H2,1-2H3. The summed E-state index contributed by atoms with van der Waals surface area (Å²) in [5.74, 6) is -0.0458. The third-order valence-electron chi connectivity index (χ3n) is 2.63. The minimum Gasteiger partial charge on any atom is -0.327 e. The molecule has 2 N–H and O–H groups in total. The number of hydrogen-bond acceptors (Lipinski definition) is 3. The smallest absolute Gasteiger partial charge is 0.179 e. The van der Waals surface area contributed by atoms with Gasteiger partial charge < -0.3 is 5.73 Å². The Morgan fingerprint density at radius 2 is 2.06 bits per heavy atom. The van der Waals surface area contributed by atoms with Gasteiger partial charge in [-0.15, -0.1) is 0 Å². The third kappa shape index (κ3) is 2.97. The van der Waals surface area contributed by atoms with Crippen LogP contribution >= 0.6 is 11.6 Å². The Balaban J connectivity index is 3.29. The largest absolute Gasteiger partial charge is 0.327 e. The maximum atomic E-state index is 13.9. The maximum Gasteiger partial charge on any atom is 0.179 e. The van der Waals surface area contributed by atoms with Gasteiger partial charge in [0.05, 0.1) is 15.7 Å². The van der Waals surface area contributed by atoms with Crippen molar-refractivity contribution in [3.63, 3.8) is 0 Å². The summed E-state index contributed by atoms with van der Waals surface area (Å²) in [7, 11) is -3.38. The van der Waals surface area contributed by atoms with E-state index in [1.165, 1.54) is 32.0 Å². The van der Waals surface area contributed by atoms with Gasteiger partial charge in [0.25, 0.3) is 0 Å². The van der Waals surface area contributed by atoms with E-state index in [1.54, 1.807) is 0 Å². The summed E-state index contributed by atoms with van der Waals surface area (Å²) in [5.41, 5.74) is 3.87. The van der Waals surface area contributed by atoms with Crippen LogP contribution in [0.3, 0.4) is 0 Å². The van der Waals surface area contributed by atoms with Crippen LogP contribution in [0.5, 0.6) is 0 Å². The SMILES string of the molecule is CCS(=O)(=O)c1ccc(C(C)(F)CN)cc1Cl. The summed E-state index contributed by atoms with van der Waals surface area (Å²) in [6, 6.07) is 4.04. The number of nitrogens with two attached hydrogens (primary N) is 1. The van der Waals surface area contributed by atoms with E-state index in [-0.39, 0.29) is 27.8 Å². The molecule has 1 atom stereocenters. The summed E-state index contributed by atoms with van der Waals surface area (Å²) >= 11 is 5.87. The zero-order chi connectivity index (χ0) is 13.3. The molecule has 96 valence electrons. The molecule has 0 heterocycles. The third-order valence-corrected chi connectivity index (χ3v) is 4.84. The monoisotopic (exact) mass is 279 g/mol. The summed E-state index contributed by atoms with van der Waals surface area (Å²) in [6.07, 6.45) is 0. The van der Waals surface area contributed by atoms with Gasteiger partial charge in [-0.25, -0.2) is 12.8 Å². The van der Waals surface area contributed by atoms with E-state index >= 15 is 0 Å².